The summed E-state index contributed by atoms with van der Waals surface area (Å²) in [6.07, 6.45) is 0.187. The third-order valence-electron chi connectivity index (χ3n) is 3.23. The van der Waals surface area contributed by atoms with Gasteiger partial charge in [0.1, 0.15) is 11.5 Å². The molecular formula is C13H12ClFN2O4S. The number of nitro benzene ring substituents is 1. The van der Waals surface area contributed by atoms with Gasteiger partial charge in [-0.2, -0.15) is 0 Å². The highest BCUT2D eigenvalue weighted by Crippen LogP contribution is 2.37. The molecule has 1 aliphatic rings. The normalized spacial score (nSPS) is 17.9. The van der Waals surface area contributed by atoms with Gasteiger partial charge in [-0.1, -0.05) is 23.4 Å². The summed E-state index contributed by atoms with van der Waals surface area (Å²) in [5, 5.41) is 10.7. The molecule has 1 fully saturated rings. The molecule has 0 bridgehead atoms. The molecule has 1 amide bonds. The van der Waals surface area contributed by atoms with Gasteiger partial charge >= 0.3 is 0 Å². The molecular weight excluding hydrogens is 335 g/mol. The van der Waals surface area contributed by atoms with Gasteiger partial charge in [-0.25, -0.2) is 4.39 Å². The third kappa shape index (κ3) is 3.56. The van der Waals surface area contributed by atoms with Crippen molar-refractivity contribution in [1.29, 1.82) is 0 Å². The predicted octanol–water partition coefficient (Wildman–Crippen LogP) is 3.02. The minimum atomic E-state index is -0.910. The van der Waals surface area contributed by atoms with E-state index in [4.69, 9.17) is 11.6 Å². The number of nitro groups is 1. The number of hydrogen-bond donors (Lipinski definition) is 0. The van der Waals surface area contributed by atoms with Crippen LogP contribution in [0.15, 0.2) is 12.1 Å². The fourth-order valence-electron chi connectivity index (χ4n) is 2.25. The highest BCUT2D eigenvalue weighted by atomic mass is 35.5. The van der Waals surface area contributed by atoms with Crippen molar-refractivity contribution in [3.8, 4) is 0 Å². The fraction of sp³-hybridized carbons (Fsp3) is 0.385. The Kier molecular flexibility index (Phi) is 5.02. The Labute approximate surface area is 134 Å². The maximum atomic E-state index is 13.4. The summed E-state index contributed by atoms with van der Waals surface area (Å²) in [4.78, 5) is 34.6. The highest BCUT2D eigenvalue weighted by molar-refractivity contribution is 8.13. The molecule has 6 nitrogen and oxygen atoms in total. The second-order valence-corrected chi connectivity index (χ2v) is 6.49. The zero-order valence-corrected chi connectivity index (χ0v) is 13.1. The Hall–Kier alpha value is -1.67. The molecule has 1 aromatic rings. The van der Waals surface area contributed by atoms with E-state index >= 15 is 0 Å². The molecule has 1 heterocycles. The zero-order valence-electron chi connectivity index (χ0n) is 11.5. The number of rotatable bonds is 4. The average molecular weight is 347 g/mol. The van der Waals surface area contributed by atoms with Gasteiger partial charge in [-0.15, -0.1) is 0 Å². The lowest BCUT2D eigenvalue weighted by Gasteiger charge is -2.17. The first-order valence-corrected chi connectivity index (χ1v) is 7.73. The van der Waals surface area contributed by atoms with Crippen LogP contribution in [0, 0.1) is 21.8 Å². The summed E-state index contributed by atoms with van der Waals surface area (Å²) < 4.78 is 13.4. The van der Waals surface area contributed by atoms with Gasteiger partial charge in [0.15, 0.2) is 5.12 Å². The molecule has 1 unspecified atom stereocenters. The molecule has 9 heteroatoms. The van der Waals surface area contributed by atoms with Gasteiger partial charge < -0.3 is 4.90 Å². The third-order valence-corrected chi connectivity index (χ3v) is 4.57. The van der Waals surface area contributed by atoms with Gasteiger partial charge in [-0.3, -0.25) is 19.7 Å². The van der Waals surface area contributed by atoms with E-state index in [0.717, 1.165) is 17.8 Å². The summed E-state index contributed by atoms with van der Waals surface area (Å²) in [7, 11) is 0. The number of anilines is 1. The number of thioether (sulfide) groups is 1. The van der Waals surface area contributed by atoms with Crippen LogP contribution >= 0.6 is 23.4 Å². The summed E-state index contributed by atoms with van der Waals surface area (Å²) in [5.74, 6) is -0.850. The van der Waals surface area contributed by atoms with E-state index in [1.165, 1.54) is 11.8 Å². The van der Waals surface area contributed by atoms with Gasteiger partial charge in [0, 0.05) is 25.6 Å². The van der Waals surface area contributed by atoms with Crippen molar-refractivity contribution in [2.75, 3.05) is 17.2 Å². The van der Waals surface area contributed by atoms with Crippen LogP contribution < -0.4 is 4.90 Å². The lowest BCUT2D eigenvalue weighted by molar-refractivity contribution is -0.384. The van der Waals surface area contributed by atoms with Crippen molar-refractivity contribution >= 4 is 45.8 Å². The quantitative estimate of drug-likeness (QED) is 0.618. The summed E-state index contributed by atoms with van der Waals surface area (Å²) in [6.45, 7) is 1.67. The van der Waals surface area contributed by atoms with Crippen molar-refractivity contribution in [2.45, 2.75) is 13.3 Å². The van der Waals surface area contributed by atoms with Crippen LogP contribution in [-0.4, -0.2) is 28.2 Å². The molecule has 0 aliphatic carbocycles. The van der Waals surface area contributed by atoms with Gasteiger partial charge in [0.05, 0.1) is 16.0 Å². The van der Waals surface area contributed by atoms with Crippen LogP contribution in [0.3, 0.4) is 0 Å². The standard InChI is InChI=1S/C13H12ClFN2O4S/c1-7(18)22-6-8-2-13(19)16(5-8)11-3-9(14)10(15)4-12(11)17(20)21/h3-4,8H,2,5-6H2,1H3. The number of benzene rings is 1. The van der Waals surface area contributed by atoms with E-state index in [1.807, 2.05) is 0 Å². The number of carbonyl (C=O) groups is 2. The summed E-state index contributed by atoms with van der Waals surface area (Å²) in [6, 6.07) is 1.80. The number of halogens is 2. The molecule has 0 saturated carbocycles. The first-order chi connectivity index (χ1) is 10.3. The second kappa shape index (κ2) is 6.62. The van der Waals surface area contributed by atoms with Crippen molar-refractivity contribution in [3.05, 3.63) is 33.1 Å². The number of nitrogens with zero attached hydrogens (tertiary/aromatic N) is 2. The SMILES string of the molecule is CC(=O)SCC1CC(=O)N(c2cc(Cl)c(F)cc2[N+](=O)[O-])C1. The lowest BCUT2D eigenvalue weighted by Crippen LogP contribution is -2.25. The van der Waals surface area contributed by atoms with Crippen molar-refractivity contribution in [2.24, 2.45) is 5.92 Å². The molecule has 0 N–H and O–H groups in total. The highest BCUT2D eigenvalue weighted by Gasteiger charge is 2.35. The number of hydrogen-bond acceptors (Lipinski definition) is 5. The minimum Gasteiger partial charge on any atom is -0.306 e. The monoisotopic (exact) mass is 346 g/mol. The molecule has 1 atom stereocenters. The Morgan fingerprint density at radius 1 is 1.59 bits per heavy atom. The maximum Gasteiger partial charge on any atom is 0.295 e. The topological polar surface area (TPSA) is 80.5 Å². The van der Waals surface area contributed by atoms with E-state index in [1.54, 1.807) is 0 Å². The molecule has 0 spiro atoms. The van der Waals surface area contributed by atoms with Crippen molar-refractivity contribution in [3.63, 3.8) is 0 Å². The number of carbonyl (C=O) groups excluding carboxylic acids is 2. The molecule has 0 radical (unpaired) electrons. The summed E-state index contributed by atoms with van der Waals surface area (Å²) >= 11 is 6.78. The van der Waals surface area contributed by atoms with E-state index in [2.05, 4.69) is 0 Å². The van der Waals surface area contributed by atoms with Crippen molar-refractivity contribution < 1.29 is 18.9 Å². The Morgan fingerprint density at radius 3 is 2.86 bits per heavy atom. The lowest BCUT2D eigenvalue weighted by atomic mass is 10.1. The van der Waals surface area contributed by atoms with Gasteiger partial charge in [0.25, 0.3) is 5.69 Å². The first kappa shape index (κ1) is 16.7. The van der Waals surface area contributed by atoms with Crippen LogP contribution in [-0.2, 0) is 9.59 Å². The molecule has 0 aromatic heterocycles. The zero-order chi connectivity index (χ0) is 16.4. The molecule has 118 valence electrons. The van der Waals surface area contributed by atoms with Crippen LogP contribution in [0.4, 0.5) is 15.8 Å². The number of amides is 1. The Morgan fingerprint density at radius 2 is 2.27 bits per heavy atom. The maximum absolute atomic E-state index is 13.4. The molecule has 1 saturated heterocycles. The van der Waals surface area contributed by atoms with E-state index < -0.39 is 16.4 Å². The molecule has 2 rings (SSSR count). The Balaban J connectivity index is 2.28. The predicted molar refractivity (Wildman–Crippen MR) is 81.7 cm³/mol. The van der Waals surface area contributed by atoms with Gasteiger partial charge in [-0.05, 0) is 12.0 Å². The van der Waals surface area contributed by atoms with E-state index in [-0.39, 0.29) is 40.6 Å². The van der Waals surface area contributed by atoms with Crippen LogP contribution in [0.2, 0.25) is 5.02 Å². The van der Waals surface area contributed by atoms with E-state index in [0.29, 0.717) is 11.8 Å². The smallest absolute Gasteiger partial charge is 0.295 e. The van der Waals surface area contributed by atoms with Crippen molar-refractivity contribution in [1.82, 2.24) is 0 Å². The van der Waals surface area contributed by atoms with Crippen LogP contribution in [0.1, 0.15) is 13.3 Å². The first-order valence-electron chi connectivity index (χ1n) is 6.36. The average Bonchev–Trinajstić information content (AvgIpc) is 2.80. The second-order valence-electron chi connectivity index (χ2n) is 4.89. The van der Waals surface area contributed by atoms with Gasteiger partial charge in [0.2, 0.25) is 5.91 Å². The molecule has 1 aromatic carbocycles. The van der Waals surface area contributed by atoms with Crippen LogP contribution in [0.25, 0.3) is 0 Å². The summed E-state index contributed by atoms with van der Waals surface area (Å²) in [5.41, 5.74) is -0.521. The molecule has 22 heavy (non-hydrogen) atoms. The largest absolute Gasteiger partial charge is 0.306 e. The van der Waals surface area contributed by atoms with Crippen LogP contribution in [0.5, 0.6) is 0 Å². The Bertz CT molecular complexity index is 655. The van der Waals surface area contributed by atoms with E-state index in [9.17, 15) is 24.1 Å². The minimum absolute atomic E-state index is 0.0169. The molecule has 1 aliphatic heterocycles. The fourth-order valence-corrected chi connectivity index (χ4v) is 3.10.